The van der Waals surface area contributed by atoms with Crippen molar-refractivity contribution in [2.45, 2.75) is 24.5 Å². The van der Waals surface area contributed by atoms with E-state index in [0.717, 1.165) is 37.8 Å². The van der Waals surface area contributed by atoms with Crippen LogP contribution in [0.15, 0.2) is 11.9 Å². The van der Waals surface area contributed by atoms with Crippen molar-refractivity contribution in [3.8, 4) is 0 Å². The molecule has 2 aliphatic rings. The second-order valence-corrected chi connectivity index (χ2v) is 4.54. The molecule has 4 heteroatoms. The van der Waals surface area contributed by atoms with E-state index in [1.807, 2.05) is 0 Å². The fourth-order valence-electron chi connectivity index (χ4n) is 2.90. The van der Waals surface area contributed by atoms with Crippen molar-refractivity contribution in [3.63, 3.8) is 0 Å². The molecule has 0 aromatic carbocycles. The normalized spacial score (nSPS) is 38.9. The molecule has 2 heterocycles. The van der Waals surface area contributed by atoms with Crippen molar-refractivity contribution in [2.24, 2.45) is 0 Å². The molecular formula is C11H18FNO2. The second kappa shape index (κ2) is 4.20. The number of hydrogen-bond donors (Lipinski definition) is 0. The zero-order valence-corrected chi connectivity index (χ0v) is 9.33. The highest BCUT2D eigenvalue weighted by Gasteiger charge is 2.50. The molecule has 0 aliphatic carbocycles. The van der Waals surface area contributed by atoms with Crippen LogP contribution in [0.2, 0.25) is 0 Å². The van der Waals surface area contributed by atoms with Gasteiger partial charge >= 0.3 is 0 Å². The number of nitrogens with zero attached hydrogens (tertiary/aromatic N) is 1. The van der Waals surface area contributed by atoms with Crippen LogP contribution in [0.4, 0.5) is 4.39 Å². The maximum Gasteiger partial charge on any atom is 0.0872 e. The molecule has 0 spiro atoms. The van der Waals surface area contributed by atoms with Crippen LogP contribution in [-0.4, -0.2) is 50.5 Å². The van der Waals surface area contributed by atoms with E-state index < -0.39 is 0 Å². The van der Waals surface area contributed by atoms with E-state index in [1.54, 1.807) is 14.2 Å². The maximum atomic E-state index is 12.5. The molecule has 0 radical (unpaired) electrons. The Hall–Kier alpha value is -0.450. The highest BCUT2D eigenvalue weighted by molar-refractivity contribution is 5.20. The molecule has 2 aliphatic heterocycles. The largest absolute Gasteiger partial charge is 0.383 e. The molecular weight excluding hydrogens is 197 g/mol. The van der Waals surface area contributed by atoms with Crippen LogP contribution in [0, 0.1) is 0 Å². The number of methoxy groups -OCH3 is 2. The predicted octanol–water partition coefficient (Wildman–Crippen LogP) is 1.35. The van der Waals surface area contributed by atoms with Gasteiger partial charge in [-0.05, 0) is 18.4 Å². The van der Waals surface area contributed by atoms with Crippen LogP contribution in [0.5, 0.6) is 0 Å². The number of rotatable bonds is 3. The van der Waals surface area contributed by atoms with E-state index in [1.165, 1.54) is 0 Å². The smallest absolute Gasteiger partial charge is 0.0872 e. The molecule has 0 bridgehead atoms. The lowest BCUT2D eigenvalue weighted by Crippen LogP contribution is -2.42. The summed E-state index contributed by atoms with van der Waals surface area (Å²) in [7, 11) is 3.43. The lowest BCUT2D eigenvalue weighted by atomic mass is 9.93. The molecule has 0 N–H and O–H groups in total. The van der Waals surface area contributed by atoms with E-state index in [-0.39, 0.29) is 11.6 Å². The Morgan fingerprint density at radius 1 is 1.60 bits per heavy atom. The van der Waals surface area contributed by atoms with Gasteiger partial charge in [0.2, 0.25) is 0 Å². The summed E-state index contributed by atoms with van der Waals surface area (Å²) >= 11 is 0. The zero-order chi connectivity index (χ0) is 10.9. The molecule has 15 heavy (non-hydrogen) atoms. The molecule has 0 aromatic heterocycles. The minimum absolute atomic E-state index is 0.0205. The monoisotopic (exact) mass is 215 g/mol. The van der Waals surface area contributed by atoms with Gasteiger partial charge in [-0.25, -0.2) is 4.39 Å². The molecule has 0 amide bonds. The van der Waals surface area contributed by atoms with E-state index in [9.17, 15) is 4.39 Å². The molecule has 0 unspecified atom stereocenters. The number of hydrogen-bond acceptors (Lipinski definition) is 3. The Bertz CT molecular complexity index is 269. The summed E-state index contributed by atoms with van der Waals surface area (Å²) in [6.45, 7) is 2.26. The molecule has 0 aromatic rings. The van der Waals surface area contributed by atoms with Gasteiger partial charge in [0.25, 0.3) is 0 Å². The number of fused-ring (bicyclic) bond motifs is 1. The van der Waals surface area contributed by atoms with Crippen LogP contribution in [0.25, 0.3) is 0 Å². The average molecular weight is 215 g/mol. The van der Waals surface area contributed by atoms with Crippen LogP contribution < -0.4 is 0 Å². The van der Waals surface area contributed by atoms with Gasteiger partial charge in [-0.15, -0.1) is 0 Å². The van der Waals surface area contributed by atoms with Gasteiger partial charge in [0.15, 0.2) is 0 Å². The number of halogens is 1. The van der Waals surface area contributed by atoms with Gasteiger partial charge in [-0.3, -0.25) is 4.90 Å². The van der Waals surface area contributed by atoms with Gasteiger partial charge in [0, 0.05) is 27.3 Å². The Morgan fingerprint density at radius 2 is 2.40 bits per heavy atom. The summed E-state index contributed by atoms with van der Waals surface area (Å²) in [6.07, 6.45) is 2.73. The summed E-state index contributed by atoms with van der Waals surface area (Å²) in [5.74, 6) is 0. The fraction of sp³-hybridized carbons (Fsp3) is 0.818. The molecule has 2 rings (SSSR count). The third kappa shape index (κ3) is 1.82. The first-order chi connectivity index (χ1) is 7.24. The lowest BCUT2D eigenvalue weighted by Gasteiger charge is -2.30. The Labute approximate surface area is 89.8 Å². The predicted molar refractivity (Wildman–Crippen MR) is 55.4 cm³/mol. The number of ether oxygens (including phenoxy) is 2. The molecule has 86 valence electrons. The van der Waals surface area contributed by atoms with Gasteiger partial charge in [-0.2, -0.15) is 0 Å². The minimum Gasteiger partial charge on any atom is -0.383 e. The van der Waals surface area contributed by atoms with Crippen LogP contribution in [0.3, 0.4) is 0 Å². The summed E-state index contributed by atoms with van der Waals surface area (Å²) in [6, 6.07) is 0. The summed E-state index contributed by atoms with van der Waals surface area (Å²) < 4.78 is 23.2. The minimum atomic E-state index is -0.0205. The second-order valence-electron chi connectivity index (χ2n) is 4.54. The zero-order valence-electron chi connectivity index (χ0n) is 9.33. The SMILES string of the molecule is COC[C@]12C/C(=C\F)CN1C[C@H](OC)C2. The topological polar surface area (TPSA) is 21.7 Å². The van der Waals surface area contributed by atoms with Crippen molar-refractivity contribution in [1.82, 2.24) is 4.90 Å². The Kier molecular flexibility index (Phi) is 3.09. The van der Waals surface area contributed by atoms with Gasteiger partial charge in [-0.1, -0.05) is 0 Å². The molecule has 0 saturated carbocycles. The molecule has 2 atom stereocenters. The van der Waals surface area contributed by atoms with Crippen molar-refractivity contribution >= 4 is 0 Å². The standard InChI is InChI=1S/C11H18FNO2/c1-14-8-11-3-9(5-12)6-13(11)7-10(4-11)15-2/h5,10H,3-4,6-8H2,1-2H3/b9-5+/t10-,11-/m1/s1. The van der Waals surface area contributed by atoms with Crippen molar-refractivity contribution in [1.29, 1.82) is 0 Å². The first-order valence-corrected chi connectivity index (χ1v) is 5.29. The maximum absolute atomic E-state index is 12.5. The van der Waals surface area contributed by atoms with E-state index in [0.29, 0.717) is 6.61 Å². The highest BCUT2D eigenvalue weighted by atomic mass is 19.1. The van der Waals surface area contributed by atoms with E-state index >= 15 is 0 Å². The van der Waals surface area contributed by atoms with Crippen molar-refractivity contribution in [2.75, 3.05) is 33.9 Å². The molecule has 2 saturated heterocycles. The summed E-state index contributed by atoms with van der Waals surface area (Å²) in [4.78, 5) is 2.29. The molecule has 3 nitrogen and oxygen atoms in total. The van der Waals surface area contributed by atoms with E-state index in [4.69, 9.17) is 9.47 Å². The van der Waals surface area contributed by atoms with Crippen LogP contribution in [0.1, 0.15) is 12.8 Å². The van der Waals surface area contributed by atoms with Crippen LogP contribution in [-0.2, 0) is 9.47 Å². The van der Waals surface area contributed by atoms with Gasteiger partial charge in [0.05, 0.1) is 24.6 Å². The van der Waals surface area contributed by atoms with E-state index in [2.05, 4.69) is 4.90 Å². The Balaban J connectivity index is 2.14. The third-order valence-electron chi connectivity index (χ3n) is 3.55. The Morgan fingerprint density at radius 3 is 3.00 bits per heavy atom. The fourth-order valence-corrected chi connectivity index (χ4v) is 2.90. The lowest BCUT2D eigenvalue weighted by molar-refractivity contribution is 0.0635. The summed E-state index contributed by atoms with van der Waals surface area (Å²) in [5.41, 5.74) is 0.856. The van der Waals surface area contributed by atoms with Crippen molar-refractivity contribution < 1.29 is 13.9 Å². The average Bonchev–Trinajstić information content (AvgIpc) is 2.70. The van der Waals surface area contributed by atoms with Crippen LogP contribution >= 0.6 is 0 Å². The first-order valence-electron chi connectivity index (χ1n) is 5.29. The third-order valence-corrected chi connectivity index (χ3v) is 3.55. The first kappa shape index (κ1) is 11.0. The van der Waals surface area contributed by atoms with Crippen molar-refractivity contribution in [3.05, 3.63) is 11.9 Å². The highest BCUT2D eigenvalue weighted by Crippen LogP contribution is 2.42. The van der Waals surface area contributed by atoms with Gasteiger partial charge in [0.1, 0.15) is 0 Å². The summed E-state index contributed by atoms with van der Waals surface area (Å²) in [5, 5.41) is 0. The quantitative estimate of drug-likeness (QED) is 0.709. The van der Waals surface area contributed by atoms with Gasteiger partial charge < -0.3 is 9.47 Å². The molecule has 2 fully saturated rings.